The molecule has 5 heteroatoms. The van der Waals surface area contributed by atoms with E-state index in [1.165, 1.54) is 0 Å². The van der Waals surface area contributed by atoms with E-state index in [9.17, 15) is 9.18 Å². The minimum atomic E-state index is -0.815. The maximum atomic E-state index is 13.4. The highest BCUT2D eigenvalue weighted by molar-refractivity contribution is 5.80. The van der Waals surface area contributed by atoms with Crippen molar-refractivity contribution in [1.29, 1.82) is 0 Å². The number of anilines is 1. The first-order chi connectivity index (χ1) is 7.02. The minimum absolute atomic E-state index is 0.121. The molecule has 0 aliphatic heterocycles. The lowest BCUT2D eigenvalue weighted by Gasteiger charge is -2.11. The molecule has 82 valence electrons. The van der Waals surface area contributed by atoms with E-state index in [1.807, 2.05) is 0 Å². The van der Waals surface area contributed by atoms with Crippen LogP contribution in [0.2, 0.25) is 0 Å². The Morgan fingerprint density at radius 3 is 2.87 bits per heavy atom. The number of halogens is 1. The van der Waals surface area contributed by atoms with E-state index in [0.717, 1.165) is 0 Å². The Labute approximate surface area is 87.4 Å². The highest BCUT2D eigenvalue weighted by atomic mass is 19.1. The Morgan fingerprint density at radius 1 is 1.60 bits per heavy atom. The molecular formula is C10H14FN3O. The molecule has 0 aliphatic carbocycles. The number of carbonyl (C=O) groups is 1. The third kappa shape index (κ3) is 2.92. The third-order valence-electron chi connectivity index (χ3n) is 2.07. The fraction of sp³-hybridized carbons (Fsp3) is 0.300. The quantitative estimate of drug-likeness (QED) is 0.672. The molecule has 0 heterocycles. The molecule has 1 unspecified atom stereocenters. The van der Waals surface area contributed by atoms with Gasteiger partial charge in [-0.25, -0.2) is 4.39 Å². The molecule has 0 saturated carbocycles. The van der Waals surface area contributed by atoms with Crippen LogP contribution in [0.3, 0.4) is 0 Å². The van der Waals surface area contributed by atoms with E-state index >= 15 is 0 Å². The van der Waals surface area contributed by atoms with Gasteiger partial charge in [0.2, 0.25) is 5.91 Å². The summed E-state index contributed by atoms with van der Waals surface area (Å²) < 4.78 is 13.4. The normalized spacial score (nSPS) is 12.2. The largest absolute Gasteiger partial charge is 0.381 e. The van der Waals surface area contributed by atoms with Crippen LogP contribution in [0.1, 0.15) is 5.56 Å². The second-order valence-corrected chi connectivity index (χ2v) is 3.33. The lowest BCUT2D eigenvalue weighted by molar-refractivity contribution is -0.118. The fourth-order valence-electron chi connectivity index (χ4n) is 1.10. The monoisotopic (exact) mass is 211 g/mol. The maximum absolute atomic E-state index is 13.4. The summed E-state index contributed by atoms with van der Waals surface area (Å²) >= 11 is 0. The van der Waals surface area contributed by atoms with Crippen molar-refractivity contribution >= 4 is 11.6 Å². The SMILES string of the molecule is Cc1cccc(NCC(N)C(N)=O)c1F. The number of hydrogen-bond donors (Lipinski definition) is 3. The molecular weight excluding hydrogens is 197 g/mol. The van der Waals surface area contributed by atoms with Crippen LogP contribution in [0.25, 0.3) is 0 Å². The maximum Gasteiger partial charge on any atom is 0.236 e. The number of nitrogens with two attached hydrogens (primary N) is 2. The number of rotatable bonds is 4. The molecule has 0 aliphatic rings. The summed E-state index contributed by atoms with van der Waals surface area (Å²) in [7, 11) is 0. The minimum Gasteiger partial charge on any atom is -0.381 e. The zero-order chi connectivity index (χ0) is 11.4. The summed E-state index contributed by atoms with van der Waals surface area (Å²) in [6.07, 6.45) is 0. The number of carbonyl (C=O) groups excluding carboxylic acids is 1. The Kier molecular flexibility index (Phi) is 3.62. The van der Waals surface area contributed by atoms with Gasteiger partial charge in [0.05, 0.1) is 5.69 Å². The number of nitrogens with one attached hydrogen (secondary N) is 1. The Hall–Kier alpha value is -1.62. The van der Waals surface area contributed by atoms with E-state index in [2.05, 4.69) is 5.32 Å². The highest BCUT2D eigenvalue weighted by Crippen LogP contribution is 2.16. The molecule has 1 aromatic carbocycles. The van der Waals surface area contributed by atoms with Crippen LogP contribution in [0, 0.1) is 12.7 Å². The summed E-state index contributed by atoms with van der Waals surface area (Å²) in [5, 5.41) is 2.73. The summed E-state index contributed by atoms with van der Waals surface area (Å²) in [4.78, 5) is 10.6. The molecule has 0 saturated heterocycles. The van der Waals surface area contributed by atoms with Gasteiger partial charge in [0.25, 0.3) is 0 Å². The van der Waals surface area contributed by atoms with Crippen molar-refractivity contribution in [3.05, 3.63) is 29.6 Å². The topological polar surface area (TPSA) is 81.1 Å². The van der Waals surface area contributed by atoms with Crippen LogP contribution in [-0.4, -0.2) is 18.5 Å². The molecule has 15 heavy (non-hydrogen) atoms. The summed E-state index contributed by atoms with van der Waals surface area (Å²) in [6.45, 7) is 1.78. The molecule has 4 nitrogen and oxygen atoms in total. The van der Waals surface area contributed by atoms with Crippen molar-refractivity contribution in [3.8, 4) is 0 Å². The van der Waals surface area contributed by atoms with Crippen molar-refractivity contribution in [2.24, 2.45) is 11.5 Å². The molecule has 0 fully saturated rings. The van der Waals surface area contributed by atoms with E-state index in [-0.39, 0.29) is 12.4 Å². The molecule has 0 radical (unpaired) electrons. The van der Waals surface area contributed by atoms with Crippen molar-refractivity contribution in [1.82, 2.24) is 0 Å². The Bertz CT molecular complexity index is 368. The molecule has 1 rings (SSSR count). The summed E-state index contributed by atoms with van der Waals surface area (Å²) in [5.41, 5.74) is 11.2. The first-order valence-corrected chi connectivity index (χ1v) is 4.56. The second-order valence-electron chi connectivity index (χ2n) is 3.33. The standard InChI is InChI=1S/C10H14FN3O/c1-6-3-2-4-8(9(6)11)14-5-7(12)10(13)15/h2-4,7,14H,5,12H2,1H3,(H2,13,15). The molecule has 0 aromatic heterocycles. The molecule has 1 aromatic rings. The van der Waals surface area contributed by atoms with Crippen LogP contribution in [0.15, 0.2) is 18.2 Å². The smallest absolute Gasteiger partial charge is 0.236 e. The second kappa shape index (κ2) is 4.75. The van der Waals surface area contributed by atoms with Gasteiger partial charge in [0, 0.05) is 6.54 Å². The van der Waals surface area contributed by atoms with Gasteiger partial charge < -0.3 is 16.8 Å². The van der Waals surface area contributed by atoms with Crippen LogP contribution < -0.4 is 16.8 Å². The van der Waals surface area contributed by atoms with Crippen molar-refractivity contribution in [2.45, 2.75) is 13.0 Å². The van der Waals surface area contributed by atoms with E-state index in [0.29, 0.717) is 11.3 Å². The van der Waals surface area contributed by atoms with Crippen LogP contribution >= 0.6 is 0 Å². The van der Waals surface area contributed by atoms with Crippen molar-refractivity contribution in [3.63, 3.8) is 0 Å². The molecule has 5 N–H and O–H groups in total. The van der Waals surface area contributed by atoms with E-state index < -0.39 is 11.9 Å². The molecule has 1 atom stereocenters. The van der Waals surface area contributed by atoms with Gasteiger partial charge >= 0.3 is 0 Å². The lowest BCUT2D eigenvalue weighted by atomic mass is 10.2. The first kappa shape index (κ1) is 11.5. The van der Waals surface area contributed by atoms with Crippen LogP contribution in [-0.2, 0) is 4.79 Å². The predicted molar refractivity (Wildman–Crippen MR) is 56.8 cm³/mol. The van der Waals surface area contributed by atoms with Gasteiger partial charge in [-0.05, 0) is 18.6 Å². The van der Waals surface area contributed by atoms with Gasteiger partial charge in [-0.3, -0.25) is 4.79 Å². The fourth-order valence-corrected chi connectivity index (χ4v) is 1.10. The van der Waals surface area contributed by atoms with Crippen molar-refractivity contribution in [2.75, 3.05) is 11.9 Å². The predicted octanol–water partition coefficient (Wildman–Crippen LogP) is 0.359. The molecule has 0 bridgehead atoms. The number of aryl methyl sites for hydroxylation is 1. The van der Waals surface area contributed by atoms with Crippen molar-refractivity contribution < 1.29 is 9.18 Å². The molecule has 1 amide bonds. The zero-order valence-corrected chi connectivity index (χ0v) is 8.46. The summed E-state index contributed by atoms with van der Waals surface area (Å²) in [6, 6.07) is 4.14. The van der Waals surface area contributed by atoms with E-state index in [1.54, 1.807) is 25.1 Å². The number of benzene rings is 1. The van der Waals surface area contributed by atoms with Gasteiger partial charge in [-0.2, -0.15) is 0 Å². The van der Waals surface area contributed by atoms with Crippen LogP contribution in [0.5, 0.6) is 0 Å². The number of amides is 1. The van der Waals surface area contributed by atoms with Gasteiger partial charge in [-0.1, -0.05) is 12.1 Å². The molecule has 0 spiro atoms. The number of primary amides is 1. The van der Waals surface area contributed by atoms with E-state index in [4.69, 9.17) is 11.5 Å². The average molecular weight is 211 g/mol. The zero-order valence-electron chi connectivity index (χ0n) is 8.46. The average Bonchev–Trinajstić information content (AvgIpc) is 2.19. The first-order valence-electron chi connectivity index (χ1n) is 4.56. The van der Waals surface area contributed by atoms with Gasteiger partial charge in [0.1, 0.15) is 11.9 Å². The van der Waals surface area contributed by atoms with Gasteiger partial charge in [-0.15, -0.1) is 0 Å². The number of hydrogen-bond acceptors (Lipinski definition) is 3. The van der Waals surface area contributed by atoms with Gasteiger partial charge in [0.15, 0.2) is 0 Å². The van der Waals surface area contributed by atoms with Crippen LogP contribution in [0.4, 0.5) is 10.1 Å². The summed E-state index contributed by atoms with van der Waals surface area (Å²) in [5.74, 6) is -0.954. The highest BCUT2D eigenvalue weighted by Gasteiger charge is 2.10. The Balaban J connectivity index is 2.66. The third-order valence-corrected chi connectivity index (χ3v) is 2.07. The lowest BCUT2D eigenvalue weighted by Crippen LogP contribution is -2.41. The Morgan fingerprint density at radius 2 is 2.27 bits per heavy atom.